The van der Waals surface area contributed by atoms with Gasteiger partial charge in [0.2, 0.25) is 5.91 Å². The smallest absolute Gasteiger partial charge is 0.240 e. The van der Waals surface area contributed by atoms with Gasteiger partial charge in [-0.2, -0.15) is 5.06 Å². The lowest BCUT2D eigenvalue weighted by Crippen LogP contribution is -2.62. The maximum atomic E-state index is 14.0. The predicted octanol–water partition coefficient (Wildman–Crippen LogP) is 3.91. The highest BCUT2D eigenvalue weighted by Gasteiger charge is 2.57. The summed E-state index contributed by atoms with van der Waals surface area (Å²) in [6.07, 6.45) is 0.641. The number of fused-ring (bicyclic) bond motifs is 2. The van der Waals surface area contributed by atoms with Gasteiger partial charge in [-0.15, -0.1) is 0 Å². The third kappa shape index (κ3) is 5.00. The molecule has 0 radical (unpaired) electrons. The van der Waals surface area contributed by atoms with Crippen LogP contribution in [-0.2, 0) is 16.2 Å². The first-order valence-corrected chi connectivity index (χ1v) is 14.5. The molecule has 5 N–H and O–H groups in total. The van der Waals surface area contributed by atoms with Crippen molar-refractivity contribution in [2.24, 2.45) is 29.1 Å². The molecule has 3 aliphatic carbocycles. The number of nitrogens with zero attached hydrogens (tertiary/aromatic N) is 1. The summed E-state index contributed by atoms with van der Waals surface area (Å²) in [6.45, 7) is 10.5. The van der Waals surface area contributed by atoms with Crippen LogP contribution in [0.25, 0.3) is 11.1 Å². The Morgan fingerprint density at radius 3 is 2.62 bits per heavy atom. The minimum absolute atomic E-state index is 0.0820. The second kappa shape index (κ2) is 11.0. The van der Waals surface area contributed by atoms with Crippen LogP contribution in [0, 0.1) is 36.0 Å². The van der Waals surface area contributed by atoms with E-state index in [0.717, 1.165) is 28.7 Å². The Morgan fingerprint density at radius 1 is 1.27 bits per heavy atom. The fourth-order valence-corrected chi connectivity index (χ4v) is 7.80. The first-order chi connectivity index (χ1) is 19.0. The summed E-state index contributed by atoms with van der Waals surface area (Å²) in [4.78, 5) is 20.1. The Balaban J connectivity index is 1.43. The third-order valence-corrected chi connectivity index (χ3v) is 10.1. The van der Waals surface area contributed by atoms with Crippen LogP contribution >= 0.6 is 0 Å². The van der Waals surface area contributed by atoms with E-state index in [9.17, 15) is 15.0 Å². The zero-order valence-corrected chi connectivity index (χ0v) is 24.6. The van der Waals surface area contributed by atoms with Gasteiger partial charge in [-0.1, -0.05) is 45.0 Å². The number of para-hydroxylation sites is 1. The molecule has 0 aromatic heterocycles. The van der Waals surface area contributed by atoms with Gasteiger partial charge in [0.05, 0.1) is 26.4 Å². The Hall–Kier alpha value is -2.65. The summed E-state index contributed by atoms with van der Waals surface area (Å²) >= 11 is 0. The van der Waals surface area contributed by atoms with E-state index in [1.165, 1.54) is 6.42 Å². The number of ether oxygens (including phenoxy) is 1. The summed E-state index contributed by atoms with van der Waals surface area (Å²) < 4.78 is 5.89. The molecule has 2 bridgehead atoms. The Kier molecular flexibility index (Phi) is 7.92. The highest BCUT2D eigenvalue weighted by atomic mass is 16.7. The van der Waals surface area contributed by atoms with Crippen molar-refractivity contribution in [2.45, 2.75) is 78.3 Å². The van der Waals surface area contributed by atoms with Crippen molar-refractivity contribution in [2.75, 3.05) is 19.5 Å². The average Bonchev–Trinajstić information content (AvgIpc) is 3.27. The fraction of sp³-hybridized carbons (Fsp3) is 0.594. The largest absolute Gasteiger partial charge is 0.496 e. The Morgan fingerprint density at radius 2 is 2.02 bits per heavy atom. The fourth-order valence-electron chi connectivity index (χ4n) is 7.80. The molecule has 1 amide bonds. The predicted molar refractivity (Wildman–Crippen MR) is 155 cm³/mol. The maximum Gasteiger partial charge on any atom is 0.240 e. The van der Waals surface area contributed by atoms with Crippen molar-refractivity contribution in [3.63, 3.8) is 0 Å². The number of carbonyl (C=O) groups is 1. The van der Waals surface area contributed by atoms with Gasteiger partial charge < -0.3 is 26.0 Å². The van der Waals surface area contributed by atoms with Crippen LogP contribution < -0.4 is 15.8 Å². The Bertz CT molecular complexity index is 1230. The summed E-state index contributed by atoms with van der Waals surface area (Å²) in [5.74, 6) is 1.49. The molecule has 4 fully saturated rings. The van der Waals surface area contributed by atoms with Gasteiger partial charge in [-0.3, -0.25) is 9.63 Å². The van der Waals surface area contributed by atoms with E-state index in [-0.39, 0.29) is 25.1 Å². The molecule has 1 saturated heterocycles. The summed E-state index contributed by atoms with van der Waals surface area (Å²) in [6, 6.07) is 11.1. The number of hydrogen-bond acceptors (Lipinski definition) is 7. The number of aryl methyl sites for hydroxylation is 1. The summed E-state index contributed by atoms with van der Waals surface area (Å²) in [7, 11) is 1.63. The van der Waals surface area contributed by atoms with Crippen molar-refractivity contribution in [1.29, 1.82) is 0 Å². The first-order valence-electron chi connectivity index (χ1n) is 14.5. The minimum atomic E-state index is -0.850. The van der Waals surface area contributed by atoms with Gasteiger partial charge in [0.15, 0.2) is 0 Å². The highest BCUT2D eigenvalue weighted by molar-refractivity contribution is 5.83. The molecule has 4 aliphatic rings. The second-order valence-electron chi connectivity index (χ2n) is 12.9. The highest BCUT2D eigenvalue weighted by Crippen LogP contribution is 2.61. The van der Waals surface area contributed by atoms with E-state index in [4.69, 9.17) is 15.3 Å². The standard InChI is InChI=1S/C32H45N3O5/c1-17-10-21(12-23(33)11-17)24-9-7-8-20(30(24)39-6)15-35-29(28(19(3)37)27(16-36)40-35)31(38)34-26-14-22-13-25(18(26)2)32(22,4)5/h7-12,18-19,22,25-29,36-37H,13-16,33H2,1-6H3,(H,34,38)/t18-,19-,22+,25-,26-,27-,28-,29-/m0/s1. The number of methoxy groups -OCH3 is 1. The summed E-state index contributed by atoms with van der Waals surface area (Å²) in [5.41, 5.74) is 10.8. The molecule has 8 nitrogen and oxygen atoms in total. The Labute approximate surface area is 237 Å². The van der Waals surface area contributed by atoms with Gasteiger partial charge in [-0.25, -0.2) is 0 Å². The van der Waals surface area contributed by atoms with Crippen molar-refractivity contribution in [3.8, 4) is 16.9 Å². The number of amides is 1. The average molecular weight is 552 g/mol. The number of carbonyl (C=O) groups excluding carboxylic acids is 1. The van der Waals surface area contributed by atoms with E-state index in [0.29, 0.717) is 34.6 Å². The summed E-state index contributed by atoms with van der Waals surface area (Å²) in [5, 5.41) is 25.8. The third-order valence-electron chi connectivity index (χ3n) is 10.1. The van der Waals surface area contributed by atoms with Crippen LogP contribution in [0.5, 0.6) is 5.75 Å². The number of aliphatic hydroxyl groups excluding tert-OH is 2. The van der Waals surface area contributed by atoms with Crippen molar-refractivity contribution >= 4 is 11.6 Å². The number of rotatable bonds is 8. The maximum absolute atomic E-state index is 14.0. The monoisotopic (exact) mass is 551 g/mol. The van der Waals surface area contributed by atoms with Crippen molar-refractivity contribution in [1.82, 2.24) is 10.4 Å². The van der Waals surface area contributed by atoms with E-state index in [1.54, 1.807) is 19.1 Å². The SMILES string of the molecule is COc1c(CN2O[C@@H](CO)[C@H]([C@H](C)O)[C@H]2C(=O)N[C@H]2C[C@H]3C[C@@H]([C@@H]2C)C3(C)C)cccc1-c1cc(C)cc(N)c1. The molecule has 6 rings (SSSR count). The molecule has 1 heterocycles. The van der Waals surface area contributed by atoms with Gasteiger partial charge in [0, 0.05) is 28.8 Å². The molecular formula is C32H45N3O5. The number of hydroxylamine groups is 2. The lowest BCUT2D eigenvalue weighted by atomic mass is 9.45. The molecular weight excluding hydrogens is 506 g/mol. The number of nitrogens with one attached hydrogen (secondary N) is 1. The molecule has 2 aromatic rings. The zero-order chi connectivity index (χ0) is 28.9. The molecule has 3 saturated carbocycles. The number of benzene rings is 2. The normalized spacial score (nSPS) is 31.9. The van der Waals surface area contributed by atoms with Gasteiger partial charge in [0.1, 0.15) is 17.9 Å². The minimum Gasteiger partial charge on any atom is -0.496 e. The van der Waals surface area contributed by atoms with E-state index >= 15 is 0 Å². The molecule has 2 aromatic carbocycles. The zero-order valence-electron chi connectivity index (χ0n) is 24.6. The quantitative estimate of drug-likeness (QED) is 0.368. The number of anilines is 1. The number of hydrogen-bond donors (Lipinski definition) is 4. The molecule has 40 heavy (non-hydrogen) atoms. The number of nitrogens with two attached hydrogens (primary N) is 1. The second-order valence-corrected chi connectivity index (χ2v) is 12.9. The number of nitrogen functional groups attached to an aromatic ring is 1. The molecule has 0 unspecified atom stereocenters. The topological polar surface area (TPSA) is 117 Å². The van der Waals surface area contributed by atoms with Gasteiger partial charge >= 0.3 is 0 Å². The van der Waals surface area contributed by atoms with E-state index in [1.807, 2.05) is 37.3 Å². The lowest BCUT2D eigenvalue weighted by Gasteiger charge is -2.62. The molecule has 0 spiro atoms. The first kappa shape index (κ1) is 28.9. The van der Waals surface area contributed by atoms with Crippen molar-refractivity contribution in [3.05, 3.63) is 47.5 Å². The molecule has 8 atom stereocenters. The van der Waals surface area contributed by atoms with E-state index in [2.05, 4.69) is 32.2 Å². The van der Waals surface area contributed by atoms with E-state index < -0.39 is 24.2 Å². The van der Waals surface area contributed by atoms with Gasteiger partial charge in [0.25, 0.3) is 0 Å². The van der Waals surface area contributed by atoms with Crippen LogP contribution in [0.3, 0.4) is 0 Å². The van der Waals surface area contributed by atoms with Crippen LogP contribution in [0.1, 0.15) is 51.7 Å². The van der Waals surface area contributed by atoms with Gasteiger partial charge in [-0.05, 0) is 73.1 Å². The molecule has 218 valence electrons. The van der Waals surface area contributed by atoms with Crippen LogP contribution in [0.4, 0.5) is 5.69 Å². The van der Waals surface area contributed by atoms with Crippen molar-refractivity contribution < 1.29 is 24.6 Å². The van der Waals surface area contributed by atoms with Crippen LogP contribution in [0.2, 0.25) is 0 Å². The van der Waals surface area contributed by atoms with Crippen LogP contribution in [0.15, 0.2) is 36.4 Å². The number of aliphatic hydroxyl groups is 2. The lowest BCUT2D eigenvalue weighted by molar-refractivity contribution is -0.183. The molecule has 1 aliphatic heterocycles. The molecule has 8 heteroatoms. The van der Waals surface area contributed by atoms with Crippen LogP contribution in [-0.4, -0.2) is 59.2 Å².